The number of likely N-dealkylation sites (tertiary alicyclic amines) is 1. The molecule has 0 aliphatic carbocycles. The molecule has 1 aromatic carbocycles. The van der Waals surface area contributed by atoms with Crippen molar-refractivity contribution in [3.8, 4) is 11.3 Å². The van der Waals surface area contributed by atoms with E-state index in [4.69, 9.17) is 0 Å². The quantitative estimate of drug-likeness (QED) is 0.512. The predicted molar refractivity (Wildman–Crippen MR) is 117 cm³/mol. The first-order valence-electron chi connectivity index (χ1n) is 10.1. The van der Waals surface area contributed by atoms with Gasteiger partial charge in [-0.1, -0.05) is 24.3 Å². The number of likely N-dealkylation sites (N-methyl/N-ethyl adjacent to an activating group) is 1. The van der Waals surface area contributed by atoms with Gasteiger partial charge in [-0.3, -0.25) is 19.7 Å². The second kappa shape index (κ2) is 10.6. The molecular formula is C22H30N6O. The van der Waals surface area contributed by atoms with Crippen molar-refractivity contribution in [1.29, 1.82) is 0 Å². The largest absolute Gasteiger partial charge is 0.358 e. The molecule has 0 spiro atoms. The molecule has 0 bridgehead atoms. The van der Waals surface area contributed by atoms with Crippen LogP contribution in [0.5, 0.6) is 0 Å². The topological polar surface area (TPSA) is 81.7 Å². The Kier molecular flexibility index (Phi) is 7.58. The number of guanidine groups is 1. The van der Waals surface area contributed by atoms with Gasteiger partial charge in [0, 0.05) is 51.5 Å². The maximum Gasteiger partial charge on any atom is 0.233 e. The van der Waals surface area contributed by atoms with Crippen LogP contribution < -0.4 is 16.0 Å². The van der Waals surface area contributed by atoms with Crippen LogP contribution in [-0.4, -0.2) is 61.5 Å². The fourth-order valence-electron chi connectivity index (χ4n) is 3.47. The number of benzene rings is 1. The zero-order chi connectivity index (χ0) is 20.5. The lowest BCUT2D eigenvalue weighted by Gasteiger charge is -2.32. The van der Waals surface area contributed by atoms with Crippen LogP contribution in [0.1, 0.15) is 18.4 Å². The Bertz CT molecular complexity index is 815. The van der Waals surface area contributed by atoms with E-state index in [-0.39, 0.29) is 5.91 Å². The van der Waals surface area contributed by atoms with Gasteiger partial charge in [0.2, 0.25) is 5.91 Å². The van der Waals surface area contributed by atoms with E-state index in [1.807, 2.05) is 24.4 Å². The number of carbonyl (C=O) groups excluding carboxylic acids is 1. The van der Waals surface area contributed by atoms with E-state index in [0.717, 1.165) is 43.1 Å². The number of hydrogen-bond acceptors (Lipinski definition) is 4. The van der Waals surface area contributed by atoms with Crippen LogP contribution in [0.15, 0.2) is 53.7 Å². The first-order chi connectivity index (χ1) is 14.2. The van der Waals surface area contributed by atoms with Gasteiger partial charge < -0.3 is 16.0 Å². The normalized spacial score (nSPS) is 15.7. The average molecular weight is 395 g/mol. The Morgan fingerprint density at radius 3 is 2.72 bits per heavy atom. The molecule has 1 aliphatic rings. The van der Waals surface area contributed by atoms with Crippen LogP contribution in [0.2, 0.25) is 0 Å². The summed E-state index contributed by atoms with van der Waals surface area (Å²) in [5.74, 6) is 0.875. The maximum atomic E-state index is 11.5. The van der Waals surface area contributed by atoms with Crippen LogP contribution in [0.4, 0.5) is 0 Å². The van der Waals surface area contributed by atoms with E-state index < -0.39 is 0 Å². The summed E-state index contributed by atoms with van der Waals surface area (Å²) in [6, 6.07) is 14.7. The Morgan fingerprint density at radius 2 is 2.03 bits per heavy atom. The van der Waals surface area contributed by atoms with Crippen molar-refractivity contribution in [2.24, 2.45) is 4.99 Å². The molecule has 1 amide bonds. The number of nitrogens with one attached hydrogen (secondary N) is 3. The number of hydrogen-bond donors (Lipinski definition) is 3. The van der Waals surface area contributed by atoms with E-state index in [0.29, 0.717) is 19.1 Å². The molecule has 2 aromatic rings. The Morgan fingerprint density at radius 1 is 1.21 bits per heavy atom. The van der Waals surface area contributed by atoms with Gasteiger partial charge in [-0.25, -0.2) is 0 Å². The van der Waals surface area contributed by atoms with Crippen LogP contribution in [0, 0.1) is 0 Å². The molecule has 0 unspecified atom stereocenters. The van der Waals surface area contributed by atoms with Gasteiger partial charge >= 0.3 is 0 Å². The number of carbonyl (C=O) groups is 1. The second-order valence-corrected chi connectivity index (χ2v) is 7.21. The third-order valence-electron chi connectivity index (χ3n) is 5.15. The van der Waals surface area contributed by atoms with Crippen LogP contribution in [0.25, 0.3) is 11.3 Å². The minimum absolute atomic E-state index is 0.0711. The summed E-state index contributed by atoms with van der Waals surface area (Å²) < 4.78 is 0. The molecule has 0 saturated carbocycles. The molecule has 3 rings (SSSR count). The van der Waals surface area contributed by atoms with Crippen molar-refractivity contribution >= 4 is 11.9 Å². The van der Waals surface area contributed by atoms with Crippen molar-refractivity contribution in [1.82, 2.24) is 25.8 Å². The average Bonchev–Trinajstić information content (AvgIpc) is 2.78. The first kappa shape index (κ1) is 20.8. The summed E-state index contributed by atoms with van der Waals surface area (Å²) in [6.07, 6.45) is 3.80. The lowest BCUT2D eigenvalue weighted by molar-refractivity contribution is -0.122. The molecule has 0 radical (unpaired) electrons. The molecule has 7 heteroatoms. The molecule has 29 heavy (non-hydrogen) atoms. The zero-order valence-electron chi connectivity index (χ0n) is 17.2. The fraction of sp³-hybridized carbons (Fsp3) is 0.409. The smallest absolute Gasteiger partial charge is 0.233 e. The van der Waals surface area contributed by atoms with Gasteiger partial charge in [0.05, 0.1) is 12.2 Å². The number of amides is 1. The van der Waals surface area contributed by atoms with Gasteiger partial charge in [0.25, 0.3) is 0 Å². The van der Waals surface area contributed by atoms with Crippen LogP contribution in [-0.2, 0) is 11.3 Å². The minimum atomic E-state index is 0.0711. The molecule has 1 saturated heterocycles. The standard InChI is InChI=1S/C22H30N6O/c1-23-21(29)16-28-12-9-19(10-13-28)27-22(24-2)26-15-17-6-5-7-18(14-17)20-8-3-4-11-25-20/h3-8,11,14,19H,9-10,12-13,15-16H2,1-2H3,(H,23,29)(H2,24,26,27). The summed E-state index contributed by atoms with van der Waals surface area (Å²) in [7, 11) is 3.47. The van der Waals surface area contributed by atoms with Crippen molar-refractivity contribution in [3.63, 3.8) is 0 Å². The molecule has 0 atom stereocenters. The van der Waals surface area contributed by atoms with E-state index >= 15 is 0 Å². The lowest BCUT2D eigenvalue weighted by Crippen LogP contribution is -2.49. The van der Waals surface area contributed by atoms with Crippen molar-refractivity contribution in [2.45, 2.75) is 25.4 Å². The number of aliphatic imine (C=N–C) groups is 1. The van der Waals surface area contributed by atoms with Crippen molar-refractivity contribution in [3.05, 3.63) is 54.2 Å². The van der Waals surface area contributed by atoms with Gasteiger partial charge in [-0.2, -0.15) is 0 Å². The Labute approximate surface area is 172 Å². The van der Waals surface area contributed by atoms with Gasteiger partial charge in [0.15, 0.2) is 5.96 Å². The third kappa shape index (κ3) is 6.29. The summed E-state index contributed by atoms with van der Waals surface area (Å²) in [5, 5.41) is 9.60. The Balaban J connectivity index is 1.48. The van der Waals surface area contributed by atoms with Gasteiger partial charge in [-0.15, -0.1) is 0 Å². The molecule has 3 N–H and O–H groups in total. The lowest BCUT2D eigenvalue weighted by atomic mass is 10.1. The predicted octanol–water partition coefficient (Wildman–Crippen LogP) is 1.62. The van der Waals surface area contributed by atoms with E-state index in [1.165, 1.54) is 5.56 Å². The van der Waals surface area contributed by atoms with E-state index in [9.17, 15) is 4.79 Å². The molecule has 2 heterocycles. The molecule has 1 aromatic heterocycles. The maximum absolute atomic E-state index is 11.5. The molecule has 1 fully saturated rings. The summed E-state index contributed by atoms with van der Waals surface area (Å²) in [6.45, 7) is 2.99. The van der Waals surface area contributed by atoms with Gasteiger partial charge in [0.1, 0.15) is 0 Å². The zero-order valence-corrected chi connectivity index (χ0v) is 17.2. The summed E-state index contributed by atoms with van der Waals surface area (Å²) in [5.41, 5.74) is 3.26. The number of aromatic nitrogens is 1. The SMILES string of the molecule is CN=C(NCc1cccc(-c2ccccn2)c1)NC1CCN(CC(=O)NC)CC1. The fourth-order valence-corrected chi connectivity index (χ4v) is 3.47. The van der Waals surface area contributed by atoms with E-state index in [1.54, 1.807) is 14.1 Å². The number of nitrogens with zero attached hydrogens (tertiary/aromatic N) is 3. The summed E-state index contributed by atoms with van der Waals surface area (Å²) >= 11 is 0. The Hall–Kier alpha value is -2.93. The molecular weight excluding hydrogens is 364 g/mol. The van der Waals surface area contributed by atoms with Crippen LogP contribution in [0.3, 0.4) is 0 Å². The highest BCUT2D eigenvalue weighted by Gasteiger charge is 2.21. The number of piperidine rings is 1. The number of rotatable bonds is 6. The molecule has 154 valence electrons. The second-order valence-electron chi connectivity index (χ2n) is 7.21. The van der Waals surface area contributed by atoms with Gasteiger partial charge in [-0.05, 0) is 36.6 Å². The summed E-state index contributed by atoms with van der Waals surface area (Å²) in [4.78, 5) is 22.5. The highest BCUT2D eigenvalue weighted by Crippen LogP contribution is 2.17. The van der Waals surface area contributed by atoms with Crippen LogP contribution >= 0.6 is 0 Å². The van der Waals surface area contributed by atoms with Crippen molar-refractivity contribution < 1.29 is 4.79 Å². The van der Waals surface area contributed by atoms with Crippen molar-refractivity contribution in [2.75, 3.05) is 33.7 Å². The van der Waals surface area contributed by atoms with E-state index in [2.05, 4.69) is 55.1 Å². The minimum Gasteiger partial charge on any atom is -0.358 e. The molecule has 1 aliphatic heterocycles. The first-order valence-corrected chi connectivity index (χ1v) is 10.1. The third-order valence-corrected chi connectivity index (χ3v) is 5.15. The molecule has 7 nitrogen and oxygen atoms in total. The highest BCUT2D eigenvalue weighted by molar-refractivity contribution is 5.80. The monoisotopic (exact) mass is 394 g/mol. The number of pyridine rings is 1. The highest BCUT2D eigenvalue weighted by atomic mass is 16.1.